The van der Waals surface area contributed by atoms with Gasteiger partial charge in [0.25, 0.3) is 0 Å². The quantitative estimate of drug-likeness (QED) is 0.932. The normalized spacial score (nSPS) is 11.4. The van der Waals surface area contributed by atoms with Crippen molar-refractivity contribution in [2.24, 2.45) is 5.73 Å². The maximum absolute atomic E-state index is 12.8. The van der Waals surface area contributed by atoms with Crippen molar-refractivity contribution in [2.75, 3.05) is 0 Å². The largest absolute Gasteiger partial charge is 0.438 e. The molecule has 0 aliphatic carbocycles. The highest BCUT2D eigenvalue weighted by molar-refractivity contribution is 6.31. The van der Waals surface area contributed by atoms with E-state index in [4.69, 9.17) is 22.1 Å². The number of ether oxygens (including phenoxy) is 1. The zero-order valence-corrected chi connectivity index (χ0v) is 10.9. The highest BCUT2D eigenvalue weighted by Crippen LogP contribution is 2.37. The molecular weight excluding hydrogens is 293 g/mol. The summed E-state index contributed by atoms with van der Waals surface area (Å²) in [5.74, 6) is -0.354. The number of hydrogen-bond acceptors (Lipinski definition) is 3. The predicted octanol–water partition coefficient (Wildman–Crippen LogP) is 4.00. The lowest BCUT2D eigenvalue weighted by Crippen LogP contribution is -2.08. The van der Waals surface area contributed by atoms with Crippen molar-refractivity contribution in [1.82, 2.24) is 4.98 Å². The molecule has 3 nitrogen and oxygen atoms in total. The van der Waals surface area contributed by atoms with Crippen LogP contribution < -0.4 is 10.5 Å². The van der Waals surface area contributed by atoms with Crippen LogP contribution in [-0.2, 0) is 12.7 Å². The van der Waals surface area contributed by atoms with Gasteiger partial charge in [-0.15, -0.1) is 0 Å². The Balaban J connectivity index is 2.33. The van der Waals surface area contributed by atoms with Gasteiger partial charge in [0.15, 0.2) is 0 Å². The molecule has 0 atom stereocenters. The molecule has 0 unspecified atom stereocenters. The molecule has 106 valence electrons. The van der Waals surface area contributed by atoms with Crippen molar-refractivity contribution >= 4 is 11.6 Å². The van der Waals surface area contributed by atoms with E-state index in [-0.39, 0.29) is 12.3 Å². The summed E-state index contributed by atoms with van der Waals surface area (Å²) in [6, 6.07) is 6.58. The number of rotatable bonds is 3. The van der Waals surface area contributed by atoms with Crippen molar-refractivity contribution in [2.45, 2.75) is 12.7 Å². The first kappa shape index (κ1) is 14.6. The Morgan fingerprint density at radius 1 is 1.25 bits per heavy atom. The summed E-state index contributed by atoms with van der Waals surface area (Å²) in [7, 11) is 0. The number of halogens is 4. The second-order valence-electron chi connectivity index (χ2n) is 3.91. The molecule has 0 aliphatic heterocycles. The van der Waals surface area contributed by atoms with Gasteiger partial charge in [-0.25, -0.2) is 4.98 Å². The van der Waals surface area contributed by atoms with Crippen LogP contribution in [0.2, 0.25) is 5.02 Å². The third-order valence-corrected chi connectivity index (χ3v) is 2.89. The molecule has 2 aromatic rings. The molecule has 1 aromatic carbocycles. The number of pyridine rings is 1. The summed E-state index contributed by atoms with van der Waals surface area (Å²) in [5, 5.41) is 0.328. The van der Waals surface area contributed by atoms with Crippen LogP contribution in [0.3, 0.4) is 0 Å². The maximum atomic E-state index is 12.8. The van der Waals surface area contributed by atoms with Gasteiger partial charge >= 0.3 is 6.18 Å². The SMILES string of the molecule is NCc1ccc(Oc2ncccc2C(F)(F)F)cc1Cl. The topological polar surface area (TPSA) is 48.1 Å². The average molecular weight is 303 g/mol. The van der Waals surface area contributed by atoms with Crippen LogP contribution >= 0.6 is 11.6 Å². The molecule has 2 rings (SSSR count). The summed E-state index contributed by atoms with van der Waals surface area (Å²) in [6.45, 7) is 0.233. The van der Waals surface area contributed by atoms with Gasteiger partial charge in [0.2, 0.25) is 5.88 Å². The molecule has 1 heterocycles. The Bertz CT molecular complexity index is 617. The second-order valence-corrected chi connectivity index (χ2v) is 4.32. The Kier molecular flexibility index (Phi) is 4.15. The van der Waals surface area contributed by atoms with E-state index >= 15 is 0 Å². The van der Waals surface area contributed by atoms with Crippen molar-refractivity contribution in [3.05, 3.63) is 52.7 Å². The Morgan fingerprint density at radius 3 is 2.60 bits per heavy atom. The summed E-state index contributed by atoms with van der Waals surface area (Å²) >= 11 is 5.92. The number of aromatic nitrogens is 1. The van der Waals surface area contributed by atoms with Gasteiger partial charge in [-0.2, -0.15) is 13.2 Å². The van der Waals surface area contributed by atoms with Gasteiger partial charge in [0.05, 0.1) is 0 Å². The summed E-state index contributed by atoms with van der Waals surface area (Å²) in [6.07, 6.45) is -3.31. The van der Waals surface area contributed by atoms with E-state index in [0.29, 0.717) is 10.6 Å². The molecule has 7 heteroatoms. The smallest absolute Gasteiger partial charge is 0.421 e. The van der Waals surface area contributed by atoms with E-state index in [1.54, 1.807) is 6.07 Å². The molecule has 0 spiro atoms. The zero-order chi connectivity index (χ0) is 14.8. The minimum Gasteiger partial charge on any atom is -0.438 e. The first-order valence-electron chi connectivity index (χ1n) is 5.60. The molecule has 0 saturated carbocycles. The van der Waals surface area contributed by atoms with Gasteiger partial charge < -0.3 is 10.5 Å². The van der Waals surface area contributed by atoms with E-state index in [1.807, 2.05) is 0 Å². The molecule has 0 aliphatic rings. The molecule has 20 heavy (non-hydrogen) atoms. The first-order chi connectivity index (χ1) is 9.41. The van der Waals surface area contributed by atoms with Crippen LogP contribution in [0.25, 0.3) is 0 Å². The van der Waals surface area contributed by atoms with E-state index in [9.17, 15) is 13.2 Å². The Hall–Kier alpha value is -1.79. The van der Waals surface area contributed by atoms with E-state index in [1.165, 1.54) is 24.4 Å². The highest BCUT2D eigenvalue weighted by Gasteiger charge is 2.35. The summed E-state index contributed by atoms with van der Waals surface area (Å²) < 4.78 is 43.5. The minimum atomic E-state index is -4.54. The standard InChI is InChI=1S/C13H10ClF3N2O/c14-11-6-9(4-3-8(11)7-18)20-12-10(13(15,16)17)2-1-5-19-12/h1-6H,7,18H2. The number of hydrogen-bond donors (Lipinski definition) is 1. The predicted molar refractivity (Wildman–Crippen MR) is 68.7 cm³/mol. The fourth-order valence-corrected chi connectivity index (χ4v) is 1.80. The number of nitrogens with zero attached hydrogens (tertiary/aromatic N) is 1. The molecule has 2 N–H and O–H groups in total. The first-order valence-corrected chi connectivity index (χ1v) is 5.98. The Morgan fingerprint density at radius 2 is 2.00 bits per heavy atom. The fraction of sp³-hybridized carbons (Fsp3) is 0.154. The summed E-state index contributed by atoms with van der Waals surface area (Å²) in [5.41, 5.74) is 5.18. The molecule has 0 radical (unpaired) electrons. The van der Waals surface area contributed by atoms with Crippen LogP contribution in [0.5, 0.6) is 11.6 Å². The van der Waals surface area contributed by atoms with Gasteiger partial charge in [-0.05, 0) is 29.8 Å². The van der Waals surface area contributed by atoms with Crippen LogP contribution in [0, 0.1) is 0 Å². The van der Waals surface area contributed by atoms with Gasteiger partial charge in [-0.3, -0.25) is 0 Å². The number of nitrogens with two attached hydrogens (primary N) is 1. The molecule has 0 fully saturated rings. The monoisotopic (exact) mass is 302 g/mol. The van der Waals surface area contributed by atoms with Crippen LogP contribution in [0.4, 0.5) is 13.2 Å². The average Bonchev–Trinajstić information content (AvgIpc) is 2.38. The van der Waals surface area contributed by atoms with Crippen LogP contribution in [0.1, 0.15) is 11.1 Å². The lowest BCUT2D eigenvalue weighted by atomic mass is 10.2. The third kappa shape index (κ3) is 3.20. The zero-order valence-electron chi connectivity index (χ0n) is 10.1. The van der Waals surface area contributed by atoms with Crippen LogP contribution in [-0.4, -0.2) is 4.98 Å². The van der Waals surface area contributed by atoms with Crippen molar-refractivity contribution < 1.29 is 17.9 Å². The lowest BCUT2D eigenvalue weighted by Gasteiger charge is -2.12. The van der Waals surface area contributed by atoms with Crippen molar-refractivity contribution in [3.63, 3.8) is 0 Å². The maximum Gasteiger partial charge on any atom is 0.421 e. The van der Waals surface area contributed by atoms with E-state index in [2.05, 4.69) is 4.98 Å². The van der Waals surface area contributed by atoms with Gasteiger partial charge in [-0.1, -0.05) is 17.7 Å². The minimum absolute atomic E-state index is 0.163. The Labute approximate surface area is 118 Å². The van der Waals surface area contributed by atoms with Crippen LogP contribution in [0.15, 0.2) is 36.5 Å². The molecule has 0 bridgehead atoms. The van der Waals surface area contributed by atoms with Gasteiger partial charge in [0.1, 0.15) is 11.3 Å². The van der Waals surface area contributed by atoms with E-state index in [0.717, 1.165) is 6.07 Å². The summed E-state index contributed by atoms with van der Waals surface area (Å²) in [4.78, 5) is 3.60. The van der Waals surface area contributed by atoms with Crippen molar-refractivity contribution in [3.8, 4) is 11.6 Å². The number of benzene rings is 1. The third-order valence-electron chi connectivity index (χ3n) is 2.54. The molecule has 0 saturated heterocycles. The highest BCUT2D eigenvalue weighted by atomic mass is 35.5. The van der Waals surface area contributed by atoms with E-state index < -0.39 is 17.6 Å². The molecular formula is C13H10ClF3N2O. The lowest BCUT2D eigenvalue weighted by molar-refractivity contribution is -0.138. The molecule has 0 amide bonds. The van der Waals surface area contributed by atoms with Crippen molar-refractivity contribution in [1.29, 1.82) is 0 Å². The second kappa shape index (κ2) is 5.68. The number of alkyl halides is 3. The van der Waals surface area contributed by atoms with Gasteiger partial charge in [0, 0.05) is 17.8 Å². The fourth-order valence-electron chi connectivity index (χ4n) is 1.56. The molecule has 1 aromatic heterocycles.